The number of aliphatic carboxylic acids is 1. The van der Waals surface area contributed by atoms with Crippen LogP contribution < -0.4 is 27.4 Å². The third-order valence-corrected chi connectivity index (χ3v) is 4.72. The maximum absolute atomic E-state index is 12.6. The lowest BCUT2D eigenvalue weighted by Gasteiger charge is -2.24. The zero-order valence-electron chi connectivity index (χ0n) is 17.0. The molecule has 30 heavy (non-hydrogen) atoms. The minimum absolute atomic E-state index is 0.101. The van der Waals surface area contributed by atoms with Crippen LogP contribution in [0.25, 0.3) is 0 Å². The Labute approximate surface area is 186 Å². The molecule has 0 aromatic heterocycles. The fourth-order valence-corrected chi connectivity index (χ4v) is 2.88. The molecule has 0 rings (SSSR count). The van der Waals surface area contributed by atoms with Gasteiger partial charge in [0.15, 0.2) is 0 Å². The molecule has 172 valence electrons. The molecule has 11 nitrogen and oxygen atoms in total. The van der Waals surface area contributed by atoms with Crippen molar-refractivity contribution in [2.24, 2.45) is 17.4 Å². The molecule has 0 fully saturated rings. The Kier molecular flexibility index (Phi) is 13.2. The molecule has 0 radical (unpaired) electrons. The van der Waals surface area contributed by atoms with Crippen LogP contribution in [0.4, 0.5) is 0 Å². The van der Waals surface area contributed by atoms with Gasteiger partial charge in [0.25, 0.3) is 0 Å². The van der Waals surface area contributed by atoms with Crippen LogP contribution in [0.3, 0.4) is 0 Å². The van der Waals surface area contributed by atoms with Crippen molar-refractivity contribution in [2.45, 2.75) is 57.3 Å². The minimum atomic E-state index is -1.28. The highest BCUT2D eigenvalue weighted by Crippen LogP contribution is 2.05. The molecule has 0 aliphatic carbocycles. The van der Waals surface area contributed by atoms with E-state index in [0.29, 0.717) is 6.42 Å². The first-order valence-corrected chi connectivity index (χ1v) is 10.6. The van der Waals surface area contributed by atoms with E-state index in [4.69, 9.17) is 16.6 Å². The molecular formula is C17H31N5O6S2. The highest BCUT2D eigenvalue weighted by atomic mass is 32.1. The average Bonchev–Trinajstić information content (AvgIpc) is 2.65. The van der Waals surface area contributed by atoms with Gasteiger partial charge >= 0.3 is 5.97 Å². The number of hydrogen-bond acceptors (Lipinski definition) is 8. The quantitative estimate of drug-likeness (QED) is 0.136. The maximum Gasteiger partial charge on any atom is 0.327 e. The second-order valence-corrected chi connectivity index (χ2v) is 7.86. The first kappa shape index (κ1) is 28.0. The molecule has 0 heterocycles. The molecule has 0 aliphatic rings. The van der Waals surface area contributed by atoms with Crippen LogP contribution >= 0.6 is 25.3 Å². The summed E-state index contributed by atoms with van der Waals surface area (Å²) in [6, 6.07) is -4.46. The molecule has 8 N–H and O–H groups in total. The van der Waals surface area contributed by atoms with Gasteiger partial charge in [-0.2, -0.15) is 25.3 Å². The standard InChI is InChI=1S/C17H31N5O6S2/c1-8(2)5-9(18)14(24)20-10(3-4-13(19)23)15(25)21-11(6-29)16(26)22-12(7-30)17(27)28/h8-12,29-30H,3-7,18H2,1-2H3,(H2,19,23)(H,20,24)(H,21,25)(H,22,26)(H,27,28). The molecular weight excluding hydrogens is 434 g/mol. The van der Waals surface area contributed by atoms with Gasteiger partial charge in [0.05, 0.1) is 6.04 Å². The summed E-state index contributed by atoms with van der Waals surface area (Å²) in [6.45, 7) is 3.77. The van der Waals surface area contributed by atoms with Gasteiger partial charge in [-0.15, -0.1) is 0 Å². The predicted octanol–water partition coefficient (Wildman–Crippen LogP) is -1.98. The van der Waals surface area contributed by atoms with Crippen LogP contribution in [0.2, 0.25) is 0 Å². The van der Waals surface area contributed by atoms with Gasteiger partial charge in [0.1, 0.15) is 18.1 Å². The van der Waals surface area contributed by atoms with Crippen LogP contribution in [0.1, 0.15) is 33.1 Å². The van der Waals surface area contributed by atoms with Crippen molar-refractivity contribution < 1.29 is 29.1 Å². The summed E-state index contributed by atoms with van der Waals surface area (Å²) in [6.07, 6.45) is 0.102. The topological polar surface area (TPSA) is 194 Å². The molecule has 0 saturated heterocycles. The maximum atomic E-state index is 12.6. The number of carboxylic acid groups (broad SMARTS) is 1. The number of carboxylic acids is 1. The summed E-state index contributed by atoms with van der Waals surface area (Å²) in [5.41, 5.74) is 10.9. The zero-order chi connectivity index (χ0) is 23.4. The Morgan fingerprint density at radius 1 is 0.867 bits per heavy atom. The number of thiol groups is 2. The summed E-state index contributed by atoms with van der Waals surface area (Å²) < 4.78 is 0. The average molecular weight is 466 g/mol. The molecule has 0 saturated carbocycles. The highest BCUT2D eigenvalue weighted by molar-refractivity contribution is 7.80. The number of carbonyl (C=O) groups excluding carboxylic acids is 4. The van der Waals surface area contributed by atoms with Crippen molar-refractivity contribution in [3.05, 3.63) is 0 Å². The number of primary amides is 1. The Morgan fingerprint density at radius 3 is 1.77 bits per heavy atom. The fraction of sp³-hybridized carbons (Fsp3) is 0.706. The lowest BCUT2D eigenvalue weighted by molar-refractivity contribution is -0.141. The summed E-state index contributed by atoms with van der Waals surface area (Å²) in [5.74, 6) is -4.22. The fourth-order valence-electron chi connectivity index (χ4n) is 2.37. The number of hydrogen-bond donors (Lipinski definition) is 8. The predicted molar refractivity (Wildman–Crippen MR) is 117 cm³/mol. The third kappa shape index (κ3) is 10.7. The Morgan fingerprint density at radius 2 is 1.33 bits per heavy atom. The Balaban J connectivity index is 5.22. The van der Waals surface area contributed by atoms with E-state index in [0.717, 1.165) is 0 Å². The molecule has 4 atom stereocenters. The van der Waals surface area contributed by atoms with Gasteiger partial charge in [-0.1, -0.05) is 13.8 Å². The van der Waals surface area contributed by atoms with Crippen molar-refractivity contribution >= 4 is 54.9 Å². The van der Waals surface area contributed by atoms with Gasteiger partial charge in [0.2, 0.25) is 23.6 Å². The van der Waals surface area contributed by atoms with Gasteiger partial charge in [-0.05, 0) is 18.8 Å². The number of rotatable bonds is 14. The van der Waals surface area contributed by atoms with E-state index in [1.54, 1.807) is 0 Å². The lowest BCUT2D eigenvalue weighted by atomic mass is 10.0. The smallest absolute Gasteiger partial charge is 0.327 e. The van der Waals surface area contributed by atoms with E-state index in [1.165, 1.54) is 0 Å². The van der Waals surface area contributed by atoms with Crippen molar-refractivity contribution in [3.8, 4) is 0 Å². The van der Waals surface area contributed by atoms with Gasteiger partial charge in [0, 0.05) is 17.9 Å². The van der Waals surface area contributed by atoms with Crippen LogP contribution in [0, 0.1) is 5.92 Å². The number of amides is 4. The third-order valence-electron chi connectivity index (χ3n) is 3.99. The second-order valence-electron chi connectivity index (χ2n) is 7.13. The van der Waals surface area contributed by atoms with E-state index in [-0.39, 0.29) is 30.3 Å². The summed E-state index contributed by atoms with van der Waals surface area (Å²) in [4.78, 5) is 59.3. The van der Waals surface area contributed by atoms with Crippen molar-refractivity contribution in [1.82, 2.24) is 16.0 Å². The first-order valence-electron chi connectivity index (χ1n) is 9.32. The van der Waals surface area contributed by atoms with Crippen LogP contribution in [-0.4, -0.2) is 70.4 Å². The number of carbonyl (C=O) groups is 5. The minimum Gasteiger partial charge on any atom is -0.480 e. The van der Waals surface area contributed by atoms with E-state index < -0.39 is 53.8 Å². The van der Waals surface area contributed by atoms with E-state index >= 15 is 0 Å². The molecule has 4 unspecified atom stereocenters. The first-order chi connectivity index (χ1) is 13.9. The SMILES string of the molecule is CC(C)CC(N)C(=O)NC(CCC(N)=O)C(=O)NC(CS)C(=O)NC(CS)C(=O)O. The van der Waals surface area contributed by atoms with Crippen molar-refractivity contribution in [2.75, 3.05) is 11.5 Å². The summed E-state index contributed by atoms with van der Waals surface area (Å²) in [7, 11) is 0. The number of nitrogens with one attached hydrogen (secondary N) is 3. The van der Waals surface area contributed by atoms with Crippen molar-refractivity contribution in [1.29, 1.82) is 0 Å². The van der Waals surface area contributed by atoms with Gasteiger partial charge in [-0.25, -0.2) is 4.79 Å². The monoisotopic (exact) mass is 465 g/mol. The normalized spacial score (nSPS) is 14.9. The van der Waals surface area contributed by atoms with Gasteiger partial charge < -0.3 is 32.5 Å². The van der Waals surface area contributed by atoms with E-state index in [9.17, 15) is 24.0 Å². The summed E-state index contributed by atoms with van der Waals surface area (Å²) in [5, 5.41) is 16.1. The molecule has 0 aromatic carbocycles. The molecule has 0 aromatic rings. The van der Waals surface area contributed by atoms with Crippen LogP contribution in [-0.2, 0) is 24.0 Å². The molecule has 4 amide bonds. The second kappa shape index (κ2) is 14.1. The van der Waals surface area contributed by atoms with E-state index in [2.05, 4.69) is 41.2 Å². The molecule has 0 bridgehead atoms. The van der Waals surface area contributed by atoms with Crippen molar-refractivity contribution in [3.63, 3.8) is 0 Å². The lowest BCUT2D eigenvalue weighted by Crippen LogP contribution is -2.58. The zero-order valence-corrected chi connectivity index (χ0v) is 18.7. The molecule has 0 spiro atoms. The van der Waals surface area contributed by atoms with Crippen LogP contribution in [0.5, 0.6) is 0 Å². The molecule has 13 heteroatoms. The highest BCUT2D eigenvalue weighted by Gasteiger charge is 2.29. The summed E-state index contributed by atoms with van der Waals surface area (Å²) >= 11 is 7.85. The van der Waals surface area contributed by atoms with E-state index in [1.807, 2.05) is 13.8 Å². The molecule has 0 aliphatic heterocycles. The van der Waals surface area contributed by atoms with Gasteiger partial charge in [-0.3, -0.25) is 19.2 Å². The largest absolute Gasteiger partial charge is 0.480 e. The Hall–Kier alpha value is -1.99. The number of nitrogens with two attached hydrogens (primary N) is 2. The van der Waals surface area contributed by atoms with Crippen LogP contribution in [0.15, 0.2) is 0 Å². The Bertz CT molecular complexity index is 634.